The number of carbonyl (C=O) groups excluding carboxylic acids is 1. The van der Waals surface area contributed by atoms with Gasteiger partial charge in [0.05, 0.1) is 0 Å². The predicted octanol–water partition coefficient (Wildman–Crippen LogP) is 1.71. The number of carbonyl (C=O) groups is 1. The van der Waals surface area contributed by atoms with E-state index in [1.165, 1.54) is 0 Å². The van der Waals surface area contributed by atoms with E-state index < -0.39 is 5.60 Å². The number of hydrogen-bond donors (Lipinski definition) is 1. The van der Waals surface area contributed by atoms with Gasteiger partial charge in [0, 0.05) is 13.1 Å². The summed E-state index contributed by atoms with van der Waals surface area (Å²) in [7, 11) is 1.96. The minimum absolute atomic E-state index is 0.180. The van der Waals surface area contributed by atoms with Crippen LogP contribution in [-0.2, 0) is 4.74 Å². The highest BCUT2D eigenvalue weighted by Gasteiger charge is 2.36. The Hall–Kier alpha value is -0.770. The summed E-state index contributed by atoms with van der Waals surface area (Å²) >= 11 is 0. The quantitative estimate of drug-likeness (QED) is 0.799. The van der Waals surface area contributed by atoms with Gasteiger partial charge in [-0.25, -0.2) is 4.79 Å². The minimum Gasteiger partial charge on any atom is -0.444 e. The average Bonchev–Trinajstić information content (AvgIpc) is 1.97. The van der Waals surface area contributed by atoms with E-state index in [4.69, 9.17) is 4.74 Å². The van der Waals surface area contributed by atoms with E-state index in [0.717, 1.165) is 19.6 Å². The second-order valence-corrected chi connectivity index (χ2v) is 5.68. The molecule has 1 saturated heterocycles. The Morgan fingerprint density at radius 2 is 2.06 bits per heavy atom. The third-order valence-corrected chi connectivity index (χ3v) is 2.89. The Balaban J connectivity index is 2.28. The van der Waals surface area contributed by atoms with Crippen LogP contribution in [0.5, 0.6) is 0 Å². The summed E-state index contributed by atoms with van der Waals surface area (Å²) in [6.45, 7) is 10.6. The molecule has 0 aliphatic carbocycles. The molecule has 0 spiro atoms. The molecule has 1 rings (SSSR count). The maximum absolute atomic E-state index is 11.7. The van der Waals surface area contributed by atoms with Crippen molar-refractivity contribution in [3.63, 3.8) is 0 Å². The minimum atomic E-state index is -0.390. The Morgan fingerprint density at radius 3 is 2.50 bits per heavy atom. The van der Waals surface area contributed by atoms with Crippen LogP contribution in [0, 0.1) is 11.8 Å². The summed E-state index contributed by atoms with van der Waals surface area (Å²) < 4.78 is 5.30. The number of amides is 1. The van der Waals surface area contributed by atoms with E-state index in [1.54, 1.807) is 4.90 Å². The SMILES string of the molecule is CNCC(C)C1CN(C(=O)OC(C)(C)C)C1. The van der Waals surface area contributed by atoms with E-state index in [1.807, 2.05) is 27.8 Å². The number of nitrogens with one attached hydrogen (secondary N) is 1. The van der Waals surface area contributed by atoms with Gasteiger partial charge in [-0.05, 0) is 46.2 Å². The summed E-state index contributed by atoms with van der Waals surface area (Å²) in [6, 6.07) is 0. The van der Waals surface area contributed by atoms with Crippen LogP contribution >= 0.6 is 0 Å². The first kappa shape index (κ1) is 13.3. The van der Waals surface area contributed by atoms with Gasteiger partial charge in [-0.3, -0.25) is 0 Å². The standard InChI is InChI=1S/C12H24N2O2/c1-9(6-13-5)10-7-14(8-10)11(15)16-12(2,3)4/h9-10,13H,6-8H2,1-5H3. The van der Waals surface area contributed by atoms with Crippen molar-refractivity contribution in [2.45, 2.75) is 33.3 Å². The van der Waals surface area contributed by atoms with Crippen molar-refractivity contribution in [1.82, 2.24) is 10.2 Å². The Kier molecular flexibility index (Phi) is 4.19. The van der Waals surface area contributed by atoms with Crippen LogP contribution in [-0.4, -0.2) is 43.3 Å². The zero-order chi connectivity index (χ0) is 12.3. The molecule has 1 unspecified atom stereocenters. The topological polar surface area (TPSA) is 41.6 Å². The maximum Gasteiger partial charge on any atom is 0.410 e. The number of nitrogens with zero attached hydrogens (tertiary/aromatic N) is 1. The zero-order valence-corrected chi connectivity index (χ0v) is 11.0. The van der Waals surface area contributed by atoms with Crippen LogP contribution < -0.4 is 5.32 Å². The maximum atomic E-state index is 11.7. The molecule has 4 heteroatoms. The third kappa shape index (κ3) is 3.67. The van der Waals surface area contributed by atoms with Crippen molar-refractivity contribution >= 4 is 6.09 Å². The Bertz CT molecular complexity index is 242. The number of likely N-dealkylation sites (tertiary alicyclic amines) is 1. The molecule has 0 bridgehead atoms. The van der Waals surface area contributed by atoms with E-state index in [9.17, 15) is 4.79 Å². The van der Waals surface area contributed by atoms with Gasteiger partial charge in [-0.15, -0.1) is 0 Å². The predicted molar refractivity (Wildman–Crippen MR) is 64.4 cm³/mol. The molecule has 1 aliphatic rings. The molecule has 0 aromatic rings. The van der Waals surface area contributed by atoms with Gasteiger partial charge in [0.25, 0.3) is 0 Å². The fraction of sp³-hybridized carbons (Fsp3) is 0.917. The molecule has 1 amide bonds. The fourth-order valence-electron chi connectivity index (χ4n) is 1.84. The summed E-state index contributed by atoms with van der Waals surface area (Å²) in [5.41, 5.74) is -0.390. The molecule has 1 heterocycles. The van der Waals surface area contributed by atoms with E-state index in [0.29, 0.717) is 11.8 Å². The van der Waals surface area contributed by atoms with Crippen molar-refractivity contribution in [2.24, 2.45) is 11.8 Å². The smallest absolute Gasteiger partial charge is 0.410 e. The largest absolute Gasteiger partial charge is 0.444 e. The van der Waals surface area contributed by atoms with Gasteiger partial charge in [0.15, 0.2) is 0 Å². The zero-order valence-electron chi connectivity index (χ0n) is 11.0. The first-order valence-electron chi connectivity index (χ1n) is 5.96. The van der Waals surface area contributed by atoms with Crippen molar-refractivity contribution in [3.8, 4) is 0 Å². The molecular weight excluding hydrogens is 204 g/mol. The molecule has 94 valence electrons. The second-order valence-electron chi connectivity index (χ2n) is 5.68. The van der Waals surface area contributed by atoms with Crippen molar-refractivity contribution < 1.29 is 9.53 Å². The van der Waals surface area contributed by atoms with Gasteiger partial charge in [-0.2, -0.15) is 0 Å². The van der Waals surface area contributed by atoms with Crippen LogP contribution in [0.1, 0.15) is 27.7 Å². The molecule has 0 aromatic carbocycles. The molecule has 0 radical (unpaired) electrons. The highest BCUT2D eigenvalue weighted by Crippen LogP contribution is 2.25. The normalized spacial score (nSPS) is 19.2. The molecule has 0 saturated carbocycles. The van der Waals surface area contributed by atoms with Crippen molar-refractivity contribution in [3.05, 3.63) is 0 Å². The van der Waals surface area contributed by atoms with E-state index >= 15 is 0 Å². The van der Waals surface area contributed by atoms with Gasteiger partial charge < -0.3 is 15.0 Å². The monoisotopic (exact) mass is 228 g/mol. The summed E-state index contributed by atoms with van der Waals surface area (Å²) in [4.78, 5) is 13.4. The van der Waals surface area contributed by atoms with Crippen LogP contribution in [0.15, 0.2) is 0 Å². The highest BCUT2D eigenvalue weighted by atomic mass is 16.6. The highest BCUT2D eigenvalue weighted by molar-refractivity contribution is 5.69. The lowest BCUT2D eigenvalue weighted by molar-refractivity contribution is -0.00913. The number of hydrogen-bond acceptors (Lipinski definition) is 3. The molecular formula is C12H24N2O2. The van der Waals surface area contributed by atoms with Gasteiger partial charge in [0.2, 0.25) is 0 Å². The summed E-state index contributed by atoms with van der Waals surface area (Å²) in [5, 5.41) is 3.16. The van der Waals surface area contributed by atoms with Crippen LogP contribution in [0.2, 0.25) is 0 Å². The van der Waals surface area contributed by atoms with E-state index in [-0.39, 0.29) is 6.09 Å². The lowest BCUT2D eigenvalue weighted by Gasteiger charge is -2.42. The fourth-order valence-corrected chi connectivity index (χ4v) is 1.84. The van der Waals surface area contributed by atoms with Crippen LogP contribution in [0.4, 0.5) is 4.79 Å². The summed E-state index contributed by atoms with van der Waals surface area (Å²) in [6.07, 6.45) is -0.180. The first-order valence-corrected chi connectivity index (χ1v) is 5.96. The van der Waals surface area contributed by atoms with Crippen molar-refractivity contribution in [1.29, 1.82) is 0 Å². The molecule has 4 nitrogen and oxygen atoms in total. The molecule has 1 atom stereocenters. The van der Waals surface area contributed by atoms with Crippen LogP contribution in [0.3, 0.4) is 0 Å². The van der Waals surface area contributed by atoms with Gasteiger partial charge in [0.1, 0.15) is 5.60 Å². The second kappa shape index (κ2) is 5.04. The molecule has 1 N–H and O–H groups in total. The van der Waals surface area contributed by atoms with Gasteiger partial charge >= 0.3 is 6.09 Å². The Morgan fingerprint density at radius 1 is 1.50 bits per heavy atom. The lowest BCUT2D eigenvalue weighted by atomic mass is 9.87. The van der Waals surface area contributed by atoms with Crippen LogP contribution in [0.25, 0.3) is 0 Å². The molecule has 1 fully saturated rings. The molecule has 1 aliphatic heterocycles. The summed E-state index contributed by atoms with van der Waals surface area (Å²) in [5.74, 6) is 1.23. The lowest BCUT2D eigenvalue weighted by Crippen LogP contribution is -2.54. The molecule has 0 aromatic heterocycles. The van der Waals surface area contributed by atoms with Crippen molar-refractivity contribution in [2.75, 3.05) is 26.7 Å². The molecule has 16 heavy (non-hydrogen) atoms. The first-order chi connectivity index (χ1) is 7.33. The van der Waals surface area contributed by atoms with E-state index in [2.05, 4.69) is 12.2 Å². The number of rotatable bonds is 3. The number of ether oxygens (including phenoxy) is 1. The van der Waals surface area contributed by atoms with Gasteiger partial charge in [-0.1, -0.05) is 6.92 Å². The Labute approximate surface area is 98.3 Å². The third-order valence-electron chi connectivity index (χ3n) is 2.89. The average molecular weight is 228 g/mol.